The number of thiophene rings is 1. The van der Waals surface area contributed by atoms with E-state index in [1.807, 2.05) is 18.5 Å². The summed E-state index contributed by atoms with van der Waals surface area (Å²) >= 11 is 1.60. The Hall–Kier alpha value is -2.58. The van der Waals surface area contributed by atoms with Crippen LogP contribution in [0.5, 0.6) is 0 Å². The van der Waals surface area contributed by atoms with Crippen LogP contribution in [0.2, 0.25) is 0 Å². The van der Waals surface area contributed by atoms with Crippen LogP contribution in [0, 0.1) is 5.92 Å². The molecular weight excluding hydrogens is 432 g/mol. The molecule has 6 rings (SSSR count). The molecule has 2 saturated carbocycles. The number of hydrogen-bond donors (Lipinski definition) is 2. The standard InChI is InChI=1S/C25H30N6OS/c32-23(17-6-3-7-17)24-21(16-4-1-2-5-16)22-19(33-24)15-28-25(30-22)29-20-9-8-18(14-27-20)31-12-10-26-11-13-31/h8-9,14-17,26H,1-7,10-13H2,(H,27,28,29,30). The fraction of sp³-hybridized carbons (Fsp3) is 0.520. The summed E-state index contributed by atoms with van der Waals surface area (Å²) in [6.45, 7) is 4.00. The third-order valence-corrected chi connectivity index (χ3v) is 8.54. The number of nitrogens with one attached hydrogen (secondary N) is 2. The second-order valence-electron chi connectivity index (χ2n) is 9.49. The fourth-order valence-corrected chi connectivity index (χ4v) is 6.51. The maximum Gasteiger partial charge on any atom is 0.228 e. The van der Waals surface area contributed by atoms with Crippen molar-refractivity contribution in [2.24, 2.45) is 5.92 Å². The van der Waals surface area contributed by atoms with Gasteiger partial charge in [-0.25, -0.2) is 15.0 Å². The van der Waals surface area contributed by atoms with Crippen LogP contribution in [-0.4, -0.2) is 46.9 Å². The van der Waals surface area contributed by atoms with Gasteiger partial charge in [-0.3, -0.25) is 4.79 Å². The van der Waals surface area contributed by atoms with Crippen molar-refractivity contribution >= 4 is 44.8 Å². The first kappa shape index (κ1) is 21.0. The van der Waals surface area contributed by atoms with Crippen LogP contribution in [0.25, 0.3) is 10.2 Å². The Balaban J connectivity index is 1.29. The van der Waals surface area contributed by atoms with E-state index in [1.165, 1.54) is 24.8 Å². The number of fused-ring (bicyclic) bond motifs is 1. The van der Waals surface area contributed by atoms with Crippen LogP contribution in [0.1, 0.15) is 66.1 Å². The molecule has 3 aliphatic rings. The Morgan fingerprint density at radius 1 is 1.03 bits per heavy atom. The molecule has 4 heterocycles. The first-order chi connectivity index (χ1) is 16.3. The smallest absolute Gasteiger partial charge is 0.228 e. The SMILES string of the molecule is O=C(c1sc2cnc(Nc3ccc(N4CCNCC4)cn3)nc2c1C1CCCC1)C1CCC1. The van der Waals surface area contributed by atoms with E-state index in [9.17, 15) is 4.79 Å². The van der Waals surface area contributed by atoms with E-state index in [1.54, 1.807) is 11.3 Å². The normalized spacial score (nSPS) is 19.7. The Bertz CT molecular complexity index is 1140. The lowest BCUT2D eigenvalue weighted by Crippen LogP contribution is -2.43. The van der Waals surface area contributed by atoms with E-state index in [4.69, 9.17) is 4.98 Å². The Morgan fingerprint density at radius 3 is 2.55 bits per heavy atom. The van der Waals surface area contributed by atoms with Crippen LogP contribution in [-0.2, 0) is 0 Å². The molecule has 33 heavy (non-hydrogen) atoms. The second kappa shape index (κ2) is 8.99. The molecule has 1 saturated heterocycles. The number of anilines is 3. The largest absolute Gasteiger partial charge is 0.368 e. The highest BCUT2D eigenvalue weighted by Crippen LogP contribution is 2.45. The molecule has 3 fully saturated rings. The third kappa shape index (κ3) is 4.10. The van der Waals surface area contributed by atoms with E-state index in [-0.39, 0.29) is 5.92 Å². The van der Waals surface area contributed by atoms with Crippen molar-refractivity contribution in [1.29, 1.82) is 0 Å². The van der Waals surface area contributed by atoms with Gasteiger partial charge in [-0.1, -0.05) is 19.3 Å². The first-order valence-corrected chi connectivity index (χ1v) is 13.1. The number of aromatic nitrogens is 3. The molecule has 0 unspecified atom stereocenters. The monoisotopic (exact) mass is 462 g/mol. The van der Waals surface area contributed by atoms with Gasteiger partial charge >= 0.3 is 0 Å². The topological polar surface area (TPSA) is 83.0 Å². The summed E-state index contributed by atoms with van der Waals surface area (Å²) in [6, 6.07) is 4.09. The maximum absolute atomic E-state index is 13.2. The van der Waals surface area contributed by atoms with E-state index in [0.29, 0.717) is 17.6 Å². The van der Waals surface area contributed by atoms with Crippen molar-refractivity contribution in [2.75, 3.05) is 36.4 Å². The minimum atomic E-state index is 0.210. The number of carbonyl (C=O) groups excluding carboxylic acids is 1. The molecular formula is C25H30N6OS. The quantitative estimate of drug-likeness (QED) is 0.505. The van der Waals surface area contributed by atoms with Crippen molar-refractivity contribution < 1.29 is 4.79 Å². The molecule has 8 heteroatoms. The van der Waals surface area contributed by atoms with Crippen molar-refractivity contribution in [2.45, 2.75) is 50.9 Å². The van der Waals surface area contributed by atoms with E-state index < -0.39 is 0 Å². The predicted molar refractivity (Wildman–Crippen MR) is 133 cm³/mol. The maximum atomic E-state index is 13.2. The van der Waals surface area contributed by atoms with E-state index in [0.717, 1.165) is 78.5 Å². The van der Waals surface area contributed by atoms with Gasteiger partial charge in [-0.2, -0.15) is 0 Å². The van der Waals surface area contributed by atoms with Gasteiger partial charge in [0.15, 0.2) is 5.78 Å². The summed E-state index contributed by atoms with van der Waals surface area (Å²) in [6.07, 6.45) is 11.8. The predicted octanol–water partition coefficient (Wildman–Crippen LogP) is 4.88. The van der Waals surface area contributed by atoms with Crippen LogP contribution in [0.4, 0.5) is 17.5 Å². The molecule has 0 bridgehead atoms. The van der Waals surface area contributed by atoms with Crippen LogP contribution >= 0.6 is 11.3 Å². The highest BCUT2D eigenvalue weighted by Gasteiger charge is 2.33. The third-order valence-electron chi connectivity index (χ3n) is 7.40. The molecule has 2 N–H and O–H groups in total. The van der Waals surface area contributed by atoms with Crippen molar-refractivity contribution in [1.82, 2.24) is 20.3 Å². The number of piperazine rings is 1. The zero-order valence-electron chi connectivity index (χ0n) is 18.8. The van der Waals surface area contributed by atoms with Crippen molar-refractivity contribution in [3.63, 3.8) is 0 Å². The van der Waals surface area contributed by atoms with Crippen LogP contribution in [0.3, 0.4) is 0 Å². The summed E-state index contributed by atoms with van der Waals surface area (Å²) in [5.74, 6) is 2.27. The molecule has 0 radical (unpaired) electrons. The molecule has 172 valence electrons. The zero-order chi connectivity index (χ0) is 22.2. The Kier molecular flexibility index (Phi) is 5.72. The Labute approximate surface area is 198 Å². The van der Waals surface area contributed by atoms with Gasteiger partial charge in [-0.05, 0) is 43.7 Å². The van der Waals surface area contributed by atoms with Crippen molar-refractivity contribution in [3.8, 4) is 0 Å². The molecule has 0 atom stereocenters. The van der Waals surface area contributed by atoms with Gasteiger partial charge in [0.2, 0.25) is 5.95 Å². The molecule has 3 aromatic heterocycles. The lowest BCUT2D eigenvalue weighted by Gasteiger charge is -2.29. The van der Waals surface area contributed by atoms with Gasteiger partial charge in [0, 0.05) is 37.7 Å². The highest BCUT2D eigenvalue weighted by molar-refractivity contribution is 7.21. The second-order valence-corrected chi connectivity index (χ2v) is 10.5. The molecule has 0 aromatic carbocycles. The minimum absolute atomic E-state index is 0.210. The van der Waals surface area contributed by atoms with Crippen LogP contribution in [0.15, 0.2) is 24.5 Å². The molecule has 2 aliphatic carbocycles. The number of pyridine rings is 1. The van der Waals surface area contributed by atoms with Crippen molar-refractivity contribution in [3.05, 3.63) is 35.0 Å². The molecule has 0 spiro atoms. The van der Waals surface area contributed by atoms with E-state index >= 15 is 0 Å². The lowest BCUT2D eigenvalue weighted by molar-refractivity contribution is 0.0858. The molecule has 3 aromatic rings. The lowest BCUT2D eigenvalue weighted by atomic mass is 9.80. The number of rotatable bonds is 6. The average Bonchev–Trinajstić information content (AvgIpc) is 3.46. The summed E-state index contributed by atoms with van der Waals surface area (Å²) in [5, 5.41) is 6.66. The molecule has 7 nitrogen and oxygen atoms in total. The number of ketones is 1. The number of hydrogen-bond acceptors (Lipinski definition) is 8. The Morgan fingerprint density at radius 2 is 1.85 bits per heavy atom. The van der Waals surface area contributed by atoms with Gasteiger partial charge in [-0.15, -0.1) is 11.3 Å². The zero-order valence-corrected chi connectivity index (χ0v) is 19.7. The first-order valence-electron chi connectivity index (χ1n) is 12.3. The van der Waals surface area contributed by atoms with Gasteiger partial charge < -0.3 is 15.5 Å². The number of carbonyl (C=O) groups is 1. The van der Waals surface area contributed by atoms with E-state index in [2.05, 4.69) is 31.6 Å². The number of Topliss-reactive ketones (excluding diaryl/α,β-unsaturated/α-hetero) is 1. The van der Waals surface area contributed by atoms with Crippen LogP contribution < -0.4 is 15.5 Å². The molecule has 0 amide bonds. The fourth-order valence-electron chi connectivity index (χ4n) is 5.29. The average molecular weight is 463 g/mol. The highest BCUT2D eigenvalue weighted by atomic mass is 32.1. The summed E-state index contributed by atoms with van der Waals surface area (Å²) in [7, 11) is 0. The summed E-state index contributed by atoms with van der Waals surface area (Å²) < 4.78 is 1.02. The summed E-state index contributed by atoms with van der Waals surface area (Å²) in [4.78, 5) is 30.6. The number of nitrogens with zero attached hydrogens (tertiary/aromatic N) is 4. The molecule has 1 aliphatic heterocycles. The minimum Gasteiger partial charge on any atom is -0.368 e. The van der Waals surface area contributed by atoms with Gasteiger partial charge in [0.05, 0.1) is 33.2 Å². The summed E-state index contributed by atoms with van der Waals surface area (Å²) in [5.41, 5.74) is 3.29. The van der Waals surface area contributed by atoms with Gasteiger partial charge in [0.1, 0.15) is 5.82 Å². The van der Waals surface area contributed by atoms with Gasteiger partial charge in [0.25, 0.3) is 0 Å².